The van der Waals surface area contributed by atoms with Gasteiger partial charge in [-0.05, 0) is 41.6 Å². The molecule has 1 aromatic carbocycles. The van der Waals surface area contributed by atoms with Gasteiger partial charge in [-0.3, -0.25) is 4.79 Å². The number of halogens is 3. The number of Topliss-reactive ketones (excluding diaryl/α,β-unsaturated/α-hetero) is 1. The van der Waals surface area contributed by atoms with E-state index in [-0.39, 0.29) is 17.7 Å². The van der Waals surface area contributed by atoms with Crippen LogP contribution in [0.15, 0.2) is 30.5 Å². The standard InChI is InChI=1S/C18H13F2IN2O3/c1-9-6-11-15(21)12(16(24)18(25)26-2)7-22-17(11)23(9)8-10-4-3-5-13(19)14(10)20/h3-7H,8H2,1-2H3. The Morgan fingerprint density at radius 2 is 2.04 bits per heavy atom. The highest BCUT2D eigenvalue weighted by atomic mass is 127. The minimum Gasteiger partial charge on any atom is -0.463 e. The van der Waals surface area contributed by atoms with Crippen molar-refractivity contribution in [2.75, 3.05) is 7.11 Å². The zero-order valence-electron chi connectivity index (χ0n) is 13.8. The summed E-state index contributed by atoms with van der Waals surface area (Å²) in [5, 5.41) is 0.648. The van der Waals surface area contributed by atoms with Gasteiger partial charge in [0.2, 0.25) is 0 Å². The Morgan fingerprint density at radius 1 is 1.31 bits per heavy atom. The molecule has 26 heavy (non-hydrogen) atoms. The molecule has 0 unspecified atom stereocenters. The van der Waals surface area contributed by atoms with Crippen LogP contribution in [0.25, 0.3) is 11.0 Å². The van der Waals surface area contributed by atoms with Crippen molar-refractivity contribution in [2.45, 2.75) is 13.5 Å². The molecule has 2 heterocycles. The van der Waals surface area contributed by atoms with E-state index in [0.29, 0.717) is 14.6 Å². The van der Waals surface area contributed by atoms with Gasteiger partial charge in [-0.2, -0.15) is 0 Å². The number of rotatable bonds is 4. The average Bonchev–Trinajstić information content (AvgIpc) is 2.94. The Hall–Kier alpha value is -2.36. The second-order valence-electron chi connectivity index (χ2n) is 5.63. The molecular formula is C18H13F2IN2O3. The number of methoxy groups -OCH3 is 1. The van der Waals surface area contributed by atoms with E-state index in [4.69, 9.17) is 0 Å². The predicted octanol–water partition coefficient (Wildman–Crippen LogP) is 3.63. The van der Waals surface area contributed by atoms with Crippen molar-refractivity contribution < 1.29 is 23.1 Å². The number of benzene rings is 1. The molecule has 0 aliphatic rings. The first kappa shape index (κ1) is 18.4. The SMILES string of the molecule is COC(=O)C(=O)c1cnc2c(cc(C)n2Cc2cccc(F)c2F)c1I. The molecule has 0 saturated carbocycles. The van der Waals surface area contributed by atoms with Gasteiger partial charge in [-0.15, -0.1) is 0 Å². The van der Waals surface area contributed by atoms with Gasteiger partial charge < -0.3 is 9.30 Å². The Morgan fingerprint density at radius 3 is 2.73 bits per heavy atom. The third-order valence-electron chi connectivity index (χ3n) is 4.04. The Labute approximate surface area is 161 Å². The van der Waals surface area contributed by atoms with Crippen LogP contribution >= 0.6 is 22.6 Å². The Balaban J connectivity index is 2.10. The molecule has 134 valence electrons. The van der Waals surface area contributed by atoms with Gasteiger partial charge in [0.1, 0.15) is 5.65 Å². The maximum absolute atomic E-state index is 14.0. The molecule has 5 nitrogen and oxygen atoms in total. The second kappa shape index (κ2) is 7.10. The van der Waals surface area contributed by atoms with Crippen LogP contribution in [0.5, 0.6) is 0 Å². The Bertz CT molecular complexity index is 1050. The van der Waals surface area contributed by atoms with Crippen molar-refractivity contribution in [3.05, 3.63) is 62.5 Å². The largest absolute Gasteiger partial charge is 0.463 e. The molecule has 8 heteroatoms. The lowest BCUT2D eigenvalue weighted by Crippen LogP contribution is -2.17. The third-order valence-corrected chi connectivity index (χ3v) is 5.20. The highest BCUT2D eigenvalue weighted by molar-refractivity contribution is 14.1. The summed E-state index contributed by atoms with van der Waals surface area (Å²) in [7, 11) is 1.13. The number of ketones is 1. The molecule has 0 amide bonds. The number of hydrogen-bond donors (Lipinski definition) is 0. The highest BCUT2D eigenvalue weighted by Gasteiger charge is 2.23. The summed E-state index contributed by atoms with van der Waals surface area (Å²) in [6, 6.07) is 5.80. The van der Waals surface area contributed by atoms with E-state index in [2.05, 4.69) is 9.72 Å². The van der Waals surface area contributed by atoms with Crippen LogP contribution in [0.3, 0.4) is 0 Å². The molecular weight excluding hydrogens is 457 g/mol. The first-order valence-corrected chi connectivity index (χ1v) is 8.63. The fourth-order valence-electron chi connectivity index (χ4n) is 2.69. The number of carbonyl (C=O) groups is 2. The fraction of sp³-hybridized carbons (Fsp3) is 0.167. The van der Waals surface area contributed by atoms with Gasteiger partial charge in [0.25, 0.3) is 5.78 Å². The first-order chi connectivity index (χ1) is 12.3. The molecule has 3 aromatic rings. The molecule has 0 bridgehead atoms. The average molecular weight is 470 g/mol. The summed E-state index contributed by atoms with van der Waals surface area (Å²) < 4.78 is 34.2. The molecule has 0 radical (unpaired) electrons. The molecule has 0 fully saturated rings. The van der Waals surface area contributed by atoms with Crippen molar-refractivity contribution in [2.24, 2.45) is 0 Å². The number of aromatic nitrogens is 2. The van der Waals surface area contributed by atoms with Crippen molar-refractivity contribution in [1.82, 2.24) is 9.55 Å². The molecule has 3 rings (SSSR count). The van der Waals surface area contributed by atoms with E-state index in [1.165, 1.54) is 18.3 Å². The smallest absolute Gasteiger partial charge is 0.379 e. The van der Waals surface area contributed by atoms with Gasteiger partial charge in [0.05, 0.1) is 19.2 Å². The van der Waals surface area contributed by atoms with E-state index < -0.39 is 23.4 Å². The minimum absolute atomic E-state index is 0.0896. The van der Waals surface area contributed by atoms with E-state index in [1.807, 2.05) is 22.6 Å². The third kappa shape index (κ3) is 3.09. The van der Waals surface area contributed by atoms with Gasteiger partial charge >= 0.3 is 5.97 Å². The zero-order valence-corrected chi connectivity index (χ0v) is 16.0. The van der Waals surface area contributed by atoms with Crippen LogP contribution in [-0.2, 0) is 16.1 Å². The molecule has 0 spiro atoms. The maximum Gasteiger partial charge on any atom is 0.379 e. The molecule has 0 aliphatic heterocycles. The van der Waals surface area contributed by atoms with Crippen LogP contribution in [0.1, 0.15) is 21.6 Å². The van der Waals surface area contributed by atoms with Crippen LogP contribution < -0.4 is 0 Å². The number of esters is 1. The van der Waals surface area contributed by atoms with E-state index >= 15 is 0 Å². The van der Waals surface area contributed by atoms with Gasteiger partial charge in [-0.25, -0.2) is 18.6 Å². The summed E-state index contributed by atoms with van der Waals surface area (Å²) in [4.78, 5) is 27.8. The first-order valence-electron chi connectivity index (χ1n) is 7.55. The van der Waals surface area contributed by atoms with Crippen molar-refractivity contribution in [1.29, 1.82) is 0 Å². The fourth-order valence-corrected chi connectivity index (χ4v) is 3.47. The number of ether oxygens (including phenoxy) is 1. The molecule has 0 atom stereocenters. The van der Waals surface area contributed by atoms with Crippen LogP contribution in [-0.4, -0.2) is 28.4 Å². The number of pyridine rings is 1. The molecule has 0 N–H and O–H groups in total. The number of aryl methyl sites for hydroxylation is 1. The monoisotopic (exact) mass is 470 g/mol. The summed E-state index contributed by atoms with van der Waals surface area (Å²) in [5.41, 5.74) is 1.60. The van der Waals surface area contributed by atoms with E-state index in [0.717, 1.165) is 18.9 Å². The highest BCUT2D eigenvalue weighted by Crippen LogP contribution is 2.27. The molecule has 0 saturated heterocycles. The predicted molar refractivity (Wildman–Crippen MR) is 99.0 cm³/mol. The summed E-state index contributed by atoms with van der Waals surface area (Å²) in [5.74, 6) is -3.57. The van der Waals surface area contributed by atoms with E-state index in [1.54, 1.807) is 17.6 Å². The lowest BCUT2D eigenvalue weighted by atomic mass is 10.1. The van der Waals surface area contributed by atoms with Crippen LogP contribution in [0.2, 0.25) is 0 Å². The summed E-state index contributed by atoms with van der Waals surface area (Å²) >= 11 is 1.96. The quantitative estimate of drug-likeness (QED) is 0.253. The van der Waals surface area contributed by atoms with Crippen LogP contribution in [0, 0.1) is 22.1 Å². The molecule has 0 aliphatic carbocycles. The summed E-state index contributed by atoms with van der Waals surface area (Å²) in [6.45, 7) is 1.89. The summed E-state index contributed by atoms with van der Waals surface area (Å²) in [6.07, 6.45) is 1.29. The number of fused-ring (bicyclic) bond motifs is 1. The lowest BCUT2D eigenvalue weighted by Gasteiger charge is -2.10. The van der Waals surface area contributed by atoms with E-state index in [9.17, 15) is 18.4 Å². The number of carbonyl (C=O) groups excluding carboxylic acids is 2. The normalized spacial score (nSPS) is 11.0. The van der Waals surface area contributed by atoms with Gasteiger partial charge in [-0.1, -0.05) is 12.1 Å². The minimum atomic E-state index is -0.970. The Kier molecular flexibility index (Phi) is 5.03. The molecule has 2 aromatic heterocycles. The van der Waals surface area contributed by atoms with Crippen molar-refractivity contribution >= 4 is 45.4 Å². The topological polar surface area (TPSA) is 61.2 Å². The van der Waals surface area contributed by atoms with Gasteiger partial charge in [0, 0.05) is 26.4 Å². The van der Waals surface area contributed by atoms with Crippen molar-refractivity contribution in [3.63, 3.8) is 0 Å². The second-order valence-corrected chi connectivity index (χ2v) is 6.71. The van der Waals surface area contributed by atoms with Crippen LogP contribution in [0.4, 0.5) is 8.78 Å². The number of nitrogens with zero attached hydrogens (tertiary/aromatic N) is 2. The van der Waals surface area contributed by atoms with Gasteiger partial charge in [0.15, 0.2) is 11.6 Å². The number of hydrogen-bond acceptors (Lipinski definition) is 4. The van der Waals surface area contributed by atoms with Crippen molar-refractivity contribution in [3.8, 4) is 0 Å². The lowest BCUT2D eigenvalue weighted by molar-refractivity contribution is -0.135. The maximum atomic E-state index is 14.0. The zero-order chi connectivity index (χ0) is 19.0.